The number of carbonyl (C=O) groups is 2. The third-order valence-electron chi connectivity index (χ3n) is 3.07. The van der Waals surface area contributed by atoms with Crippen LogP contribution < -0.4 is 4.74 Å². The minimum absolute atomic E-state index is 0.152. The molecule has 2 unspecified atom stereocenters. The summed E-state index contributed by atoms with van der Waals surface area (Å²) in [7, 11) is 3.02. The standard InChI is InChI=1S/C13H14O4/c1-7(14)11-9-5-4-8(16-2)6-10(9)13(17-3)12(11)15/h4-6,11,13H,1-3H3. The quantitative estimate of drug-likeness (QED) is 0.746. The highest BCUT2D eigenvalue weighted by Crippen LogP contribution is 2.41. The SMILES string of the molecule is COc1ccc2c(c1)C(OC)C(=O)C2C(C)=O. The molecule has 1 aromatic carbocycles. The average molecular weight is 234 g/mol. The Morgan fingerprint density at radius 1 is 1.24 bits per heavy atom. The molecule has 1 aliphatic carbocycles. The van der Waals surface area contributed by atoms with Gasteiger partial charge in [0.15, 0.2) is 5.78 Å². The van der Waals surface area contributed by atoms with Crippen LogP contribution in [0.4, 0.5) is 0 Å². The maximum absolute atomic E-state index is 12.0. The third kappa shape index (κ3) is 1.74. The minimum atomic E-state index is -0.694. The van der Waals surface area contributed by atoms with Crippen LogP contribution in [-0.2, 0) is 14.3 Å². The number of fused-ring (bicyclic) bond motifs is 1. The van der Waals surface area contributed by atoms with Gasteiger partial charge in [0.1, 0.15) is 23.6 Å². The van der Waals surface area contributed by atoms with Gasteiger partial charge in [-0.15, -0.1) is 0 Å². The van der Waals surface area contributed by atoms with Crippen molar-refractivity contribution in [1.82, 2.24) is 0 Å². The van der Waals surface area contributed by atoms with E-state index in [0.717, 1.165) is 11.1 Å². The fourth-order valence-corrected chi connectivity index (χ4v) is 2.29. The second kappa shape index (κ2) is 4.30. The normalized spacial score (nSPS) is 22.4. The van der Waals surface area contributed by atoms with E-state index in [0.29, 0.717) is 5.75 Å². The lowest BCUT2D eigenvalue weighted by atomic mass is 9.97. The second-order valence-corrected chi connectivity index (χ2v) is 4.06. The van der Waals surface area contributed by atoms with Crippen LogP contribution >= 0.6 is 0 Å². The predicted molar refractivity (Wildman–Crippen MR) is 61.2 cm³/mol. The van der Waals surface area contributed by atoms with Gasteiger partial charge < -0.3 is 9.47 Å². The van der Waals surface area contributed by atoms with Crippen molar-refractivity contribution in [3.8, 4) is 5.75 Å². The summed E-state index contributed by atoms with van der Waals surface area (Å²) in [5.74, 6) is -0.382. The fraction of sp³-hybridized carbons (Fsp3) is 0.385. The largest absolute Gasteiger partial charge is 0.497 e. The summed E-state index contributed by atoms with van der Waals surface area (Å²) in [5, 5.41) is 0. The maximum Gasteiger partial charge on any atom is 0.180 e. The highest BCUT2D eigenvalue weighted by Gasteiger charge is 2.42. The molecule has 4 nitrogen and oxygen atoms in total. The van der Waals surface area contributed by atoms with Crippen LogP contribution in [0.2, 0.25) is 0 Å². The highest BCUT2D eigenvalue weighted by molar-refractivity contribution is 6.12. The highest BCUT2D eigenvalue weighted by atomic mass is 16.5. The van der Waals surface area contributed by atoms with Gasteiger partial charge in [-0.05, 0) is 30.2 Å². The number of carbonyl (C=O) groups excluding carboxylic acids is 2. The maximum atomic E-state index is 12.0. The molecule has 0 radical (unpaired) electrons. The Morgan fingerprint density at radius 2 is 1.94 bits per heavy atom. The number of benzene rings is 1. The second-order valence-electron chi connectivity index (χ2n) is 4.06. The smallest absolute Gasteiger partial charge is 0.180 e. The van der Waals surface area contributed by atoms with Gasteiger partial charge in [0.05, 0.1) is 7.11 Å². The molecule has 0 heterocycles. The molecule has 0 amide bonds. The first-order chi connectivity index (χ1) is 8.10. The molecule has 0 aromatic heterocycles. The number of ketones is 2. The Morgan fingerprint density at radius 3 is 2.47 bits per heavy atom. The lowest BCUT2D eigenvalue weighted by Crippen LogP contribution is -2.18. The first-order valence-corrected chi connectivity index (χ1v) is 5.35. The van der Waals surface area contributed by atoms with E-state index in [1.165, 1.54) is 14.0 Å². The Hall–Kier alpha value is -1.68. The van der Waals surface area contributed by atoms with Crippen molar-refractivity contribution in [2.24, 2.45) is 0 Å². The lowest BCUT2D eigenvalue weighted by Gasteiger charge is -2.08. The molecule has 0 fully saturated rings. The molecule has 4 heteroatoms. The topological polar surface area (TPSA) is 52.6 Å². The molecular formula is C13H14O4. The number of methoxy groups -OCH3 is 2. The van der Waals surface area contributed by atoms with Crippen molar-refractivity contribution >= 4 is 11.6 Å². The van der Waals surface area contributed by atoms with Gasteiger partial charge in [0.25, 0.3) is 0 Å². The van der Waals surface area contributed by atoms with Crippen LogP contribution in [-0.4, -0.2) is 25.8 Å². The number of rotatable bonds is 3. The number of ether oxygens (including phenoxy) is 2. The first-order valence-electron chi connectivity index (χ1n) is 5.35. The molecular weight excluding hydrogens is 220 g/mol. The van der Waals surface area contributed by atoms with E-state index in [9.17, 15) is 9.59 Å². The van der Waals surface area contributed by atoms with Gasteiger partial charge in [-0.1, -0.05) is 6.07 Å². The Bertz CT molecular complexity index is 478. The summed E-state index contributed by atoms with van der Waals surface area (Å²) in [6.07, 6.45) is -0.658. The van der Waals surface area contributed by atoms with E-state index >= 15 is 0 Å². The molecule has 0 saturated heterocycles. The van der Waals surface area contributed by atoms with Crippen LogP contribution in [0.25, 0.3) is 0 Å². The fourth-order valence-electron chi connectivity index (χ4n) is 2.29. The zero-order valence-corrected chi connectivity index (χ0v) is 10.0. The number of hydrogen-bond donors (Lipinski definition) is 0. The van der Waals surface area contributed by atoms with Crippen LogP contribution in [0.5, 0.6) is 5.75 Å². The first kappa shape index (κ1) is 11.8. The van der Waals surface area contributed by atoms with E-state index in [2.05, 4.69) is 0 Å². The van der Waals surface area contributed by atoms with Crippen molar-refractivity contribution in [2.75, 3.05) is 14.2 Å². The summed E-state index contributed by atoms with van der Waals surface area (Å²) in [6.45, 7) is 1.43. The van der Waals surface area contributed by atoms with Gasteiger partial charge in [-0.2, -0.15) is 0 Å². The van der Waals surface area contributed by atoms with E-state index in [-0.39, 0.29) is 11.6 Å². The Kier molecular flexibility index (Phi) is 2.98. The van der Waals surface area contributed by atoms with Crippen molar-refractivity contribution in [1.29, 1.82) is 0 Å². The summed E-state index contributed by atoms with van der Waals surface area (Å²) in [6, 6.07) is 5.27. The average Bonchev–Trinajstić information content (AvgIpc) is 2.59. The Balaban J connectivity index is 2.56. The van der Waals surface area contributed by atoms with Gasteiger partial charge in [0, 0.05) is 7.11 Å². The molecule has 0 spiro atoms. The van der Waals surface area contributed by atoms with Crippen molar-refractivity contribution in [2.45, 2.75) is 18.9 Å². The zero-order valence-electron chi connectivity index (χ0n) is 10.0. The van der Waals surface area contributed by atoms with Crippen LogP contribution in [0.15, 0.2) is 18.2 Å². The molecule has 2 atom stereocenters. The summed E-state index contributed by atoms with van der Waals surface area (Å²) in [5.41, 5.74) is 1.47. The minimum Gasteiger partial charge on any atom is -0.497 e. The number of Topliss-reactive ketones (excluding diaryl/α,β-unsaturated/α-hetero) is 2. The predicted octanol–water partition coefficient (Wildman–Crippen LogP) is 1.64. The molecule has 1 aliphatic rings. The molecule has 0 bridgehead atoms. The third-order valence-corrected chi connectivity index (χ3v) is 3.07. The Labute approximate surface area is 99.5 Å². The molecule has 90 valence electrons. The van der Waals surface area contributed by atoms with E-state index < -0.39 is 12.0 Å². The van der Waals surface area contributed by atoms with Gasteiger partial charge in [-0.25, -0.2) is 0 Å². The molecule has 0 N–H and O–H groups in total. The number of hydrogen-bond acceptors (Lipinski definition) is 4. The van der Waals surface area contributed by atoms with Crippen molar-refractivity contribution < 1.29 is 19.1 Å². The molecule has 2 rings (SSSR count). The van der Waals surface area contributed by atoms with E-state index in [4.69, 9.17) is 9.47 Å². The summed E-state index contributed by atoms with van der Waals surface area (Å²) < 4.78 is 10.3. The monoisotopic (exact) mass is 234 g/mol. The summed E-state index contributed by atoms with van der Waals surface area (Å²) >= 11 is 0. The lowest BCUT2D eigenvalue weighted by molar-refractivity contribution is -0.133. The van der Waals surface area contributed by atoms with Crippen LogP contribution in [0.1, 0.15) is 30.1 Å². The van der Waals surface area contributed by atoms with Crippen LogP contribution in [0.3, 0.4) is 0 Å². The molecule has 0 saturated carbocycles. The van der Waals surface area contributed by atoms with Crippen molar-refractivity contribution in [3.05, 3.63) is 29.3 Å². The van der Waals surface area contributed by atoms with Crippen molar-refractivity contribution in [3.63, 3.8) is 0 Å². The molecule has 1 aromatic rings. The van der Waals surface area contributed by atoms with Crippen LogP contribution in [0, 0.1) is 0 Å². The summed E-state index contributed by atoms with van der Waals surface area (Å²) in [4.78, 5) is 23.6. The molecule has 17 heavy (non-hydrogen) atoms. The zero-order chi connectivity index (χ0) is 12.6. The van der Waals surface area contributed by atoms with Gasteiger partial charge in [0.2, 0.25) is 0 Å². The van der Waals surface area contributed by atoms with E-state index in [1.54, 1.807) is 25.3 Å². The molecule has 0 aliphatic heterocycles. The van der Waals surface area contributed by atoms with Gasteiger partial charge >= 0.3 is 0 Å². The van der Waals surface area contributed by atoms with Gasteiger partial charge in [-0.3, -0.25) is 9.59 Å². The van der Waals surface area contributed by atoms with E-state index in [1.807, 2.05) is 0 Å².